The summed E-state index contributed by atoms with van der Waals surface area (Å²) < 4.78 is 0. The number of carboxylic acids is 1. The Balaban J connectivity index is 0. The van der Waals surface area contributed by atoms with Gasteiger partial charge in [-0.2, -0.15) is 0 Å². The van der Waals surface area contributed by atoms with Crippen LogP contribution in [-0.2, 0) is 9.59 Å². The van der Waals surface area contributed by atoms with E-state index in [4.69, 9.17) is 15.9 Å². The Morgan fingerprint density at radius 1 is 1.50 bits per heavy atom. The molecule has 7 heteroatoms. The topological polar surface area (TPSA) is 144 Å². The number of carbonyl (C=O) groups excluding carboxylic acids is 1. The van der Waals surface area contributed by atoms with E-state index in [2.05, 4.69) is 0 Å². The van der Waals surface area contributed by atoms with E-state index in [1.165, 1.54) is 0 Å². The normalized spacial score (nSPS) is 11.2. The van der Waals surface area contributed by atoms with E-state index in [0.717, 1.165) is 0 Å². The van der Waals surface area contributed by atoms with E-state index in [1.807, 2.05) is 5.32 Å². The number of aliphatic hydroxyl groups is 1. The number of rotatable bonds is 4. The number of hydrogen-bond donors (Lipinski definition) is 4. The molecule has 0 heterocycles. The molecule has 0 aliphatic heterocycles. The van der Waals surface area contributed by atoms with Gasteiger partial charge in [-0.25, -0.2) is 4.79 Å². The smallest absolute Gasteiger partial charge is 0.328 e. The molecule has 0 aliphatic rings. The Labute approximate surface area is 68.5 Å². The van der Waals surface area contributed by atoms with E-state index in [1.54, 1.807) is 0 Å². The van der Waals surface area contributed by atoms with E-state index >= 15 is 0 Å². The molecule has 0 aromatic carbocycles. The number of hydrogen-bond acceptors (Lipinski definition) is 4. The first-order chi connectivity index (χ1) is 5.11. The van der Waals surface area contributed by atoms with Crippen LogP contribution in [0.1, 0.15) is 0 Å². The molecule has 7 N–H and O–H groups in total. The van der Waals surface area contributed by atoms with Gasteiger partial charge in [0.2, 0.25) is 5.91 Å². The molecule has 12 heavy (non-hydrogen) atoms. The number of carboxylic acid groups (broad SMARTS) is 1. The second-order valence-electron chi connectivity index (χ2n) is 1.85. The van der Waals surface area contributed by atoms with Crippen molar-refractivity contribution in [3.05, 3.63) is 0 Å². The standard InChI is InChI=1S/C5H10N2O4.H2O/c6-1-4(9)7-3(2-8)5(10)11;/h3,8H,1-2,6H2,(H,7,9)(H,10,11);1H2. The molecule has 1 atom stereocenters. The number of aliphatic carboxylic acids is 1. The number of aliphatic hydroxyl groups excluding tert-OH is 1. The SMILES string of the molecule is NCC(=O)NC(CO)C(=O)O.O. The third-order valence-corrected chi connectivity index (χ3v) is 1.00. The van der Waals surface area contributed by atoms with Crippen LogP contribution in [0, 0.1) is 0 Å². The van der Waals surface area contributed by atoms with Crippen molar-refractivity contribution in [2.45, 2.75) is 6.04 Å². The summed E-state index contributed by atoms with van der Waals surface area (Å²) in [6.45, 7) is -0.926. The molecule has 1 unspecified atom stereocenters. The van der Waals surface area contributed by atoms with Gasteiger partial charge >= 0.3 is 5.97 Å². The predicted molar refractivity (Wildman–Crippen MR) is 39.3 cm³/mol. The van der Waals surface area contributed by atoms with Crippen LogP contribution in [0.25, 0.3) is 0 Å². The highest BCUT2D eigenvalue weighted by Crippen LogP contribution is 1.80. The molecule has 72 valence electrons. The van der Waals surface area contributed by atoms with Crippen LogP contribution in [-0.4, -0.2) is 46.8 Å². The Hall–Kier alpha value is -1.18. The van der Waals surface area contributed by atoms with E-state index in [9.17, 15) is 9.59 Å². The van der Waals surface area contributed by atoms with Crippen molar-refractivity contribution < 1.29 is 25.3 Å². The first-order valence-corrected chi connectivity index (χ1v) is 2.95. The average Bonchev–Trinajstić information content (AvgIpc) is 1.99. The van der Waals surface area contributed by atoms with Crippen LogP contribution in [0.4, 0.5) is 0 Å². The van der Waals surface area contributed by atoms with Gasteiger partial charge in [-0.15, -0.1) is 0 Å². The quantitative estimate of drug-likeness (QED) is 0.358. The lowest BCUT2D eigenvalue weighted by atomic mass is 10.3. The molecule has 0 bridgehead atoms. The molecule has 1 amide bonds. The minimum Gasteiger partial charge on any atom is -0.480 e. The van der Waals surface area contributed by atoms with Gasteiger partial charge in [-0.05, 0) is 0 Å². The number of amides is 1. The summed E-state index contributed by atoms with van der Waals surface area (Å²) in [5.74, 6) is -1.89. The van der Waals surface area contributed by atoms with Crippen LogP contribution in [0.5, 0.6) is 0 Å². The van der Waals surface area contributed by atoms with Crippen LogP contribution in [0.3, 0.4) is 0 Å². The minimum absolute atomic E-state index is 0. The van der Waals surface area contributed by atoms with Gasteiger partial charge in [0.05, 0.1) is 13.2 Å². The summed E-state index contributed by atoms with van der Waals surface area (Å²) >= 11 is 0. The molecule has 0 aromatic heterocycles. The molecule has 0 aromatic rings. The molecular formula is C5H12N2O5. The van der Waals surface area contributed by atoms with Gasteiger partial charge in [0, 0.05) is 0 Å². The van der Waals surface area contributed by atoms with Crippen molar-refractivity contribution >= 4 is 11.9 Å². The zero-order valence-corrected chi connectivity index (χ0v) is 6.28. The summed E-state index contributed by atoms with van der Waals surface area (Å²) in [4.78, 5) is 20.6. The number of carbonyl (C=O) groups is 2. The molecular weight excluding hydrogens is 168 g/mol. The van der Waals surface area contributed by atoms with Gasteiger partial charge in [-0.3, -0.25) is 4.79 Å². The number of nitrogens with two attached hydrogens (primary N) is 1. The Bertz CT molecular complexity index is 160. The van der Waals surface area contributed by atoms with E-state index in [0.29, 0.717) is 0 Å². The van der Waals surface area contributed by atoms with Crippen molar-refractivity contribution in [3.8, 4) is 0 Å². The predicted octanol–water partition coefficient (Wildman–Crippen LogP) is -3.32. The molecule has 0 fully saturated rings. The van der Waals surface area contributed by atoms with E-state index < -0.39 is 24.5 Å². The fourth-order valence-corrected chi connectivity index (χ4v) is 0.439. The van der Waals surface area contributed by atoms with Crippen LogP contribution in [0.15, 0.2) is 0 Å². The van der Waals surface area contributed by atoms with Gasteiger partial charge in [0.1, 0.15) is 6.04 Å². The third kappa shape index (κ3) is 4.61. The van der Waals surface area contributed by atoms with Crippen LogP contribution >= 0.6 is 0 Å². The molecule has 0 radical (unpaired) electrons. The molecule has 7 nitrogen and oxygen atoms in total. The molecule has 0 spiro atoms. The highest BCUT2D eigenvalue weighted by atomic mass is 16.4. The first-order valence-electron chi connectivity index (χ1n) is 2.95. The fourth-order valence-electron chi connectivity index (χ4n) is 0.439. The second kappa shape index (κ2) is 6.53. The maximum absolute atomic E-state index is 10.5. The van der Waals surface area contributed by atoms with Crippen molar-refractivity contribution in [2.24, 2.45) is 5.73 Å². The minimum atomic E-state index is -1.28. The summed E-state index contributed by atoms with van der Waals surface area (Å²) in [7, 11) is 0. The first kappa shape index (κ1) is 13.4. The van der Waals surface area contributed by atoms with Gasteiger partial charge in [-0.1, -0.05) is 0 Å². The summed E-state index contributed by atoms with van der Waals surface area (Å²) in [6.07, 6.45) is 0. The zero-order chi connectivity index (χ0) is 8.85. The summed E-state index contributed by atoms with van der Waals surface area (Å²) in [5, 5.41) is 18.7. The highest BCUT2D eigenvalue weighted by Gasteiger charge is 2.17. The lowest BCUT2D eigenvalue weighted by Crippen LogP contribution is -2.45. The van der Waals surface area contributed by atoms with Crippen molar-refractivity contribution in [2.75, 3.05) is 13.2 Å². The Kier molecular flexibility index (Phi) is 7.29. The van der Waals surface area contributed by atoms with Crippen molar-refractivity contribution in [1.29, 1.82) is 0 Å². The molecule has 0 saturated carbocycles. The number of nitrogens with one attached hydrogen (secondary N) is 1. The van der Waals surface area contributed by atoms with Gasteiger partial charge in [0.25, 0.3) is 0 Å². The third-order valence-electron chi connectivity index (χ3n) is 1.00. The molecule has 0 rings (SSSR count). The van der Waals surface area contributed by atoms with Crippen molar-refractivity contribution in [3.63, 3.8) is 0 Å². The van der Waals surface area contributed by atoms with Gasteiger partial charge in [0.15, 0.2) is 0 Å². The second-order valence-corrected chi connectivity index (χ2v) is 1.85. The van der Waals surface area contributed by atoms with E-state index in [-0.39, 0.29) is 12.0 Å². The molecule has 0 saturated heterocycles. The fraction of sp³-hybridized carbons (Fsp3) is 0.600. The van der Waals surface area contributed by atoms with Crippen LogP contribution < -0.4 is 11.1 Å². The Morgan fingerprint density at radius 3 is 2.25 bits per heavy atom. The zero-order valence-electron chi connectivity index (χ0n) is 6.28. The maximum atomic E-state index is 10.5. The largest absolute Gasteiger partial charge is 0.480 e. The monoisotopic (exact) mass is 180 g/mol. The molecule has 0 aliphatic carbocycles. The maximum Gasteiger partial charge on any atom is 0.328 e. The summed E-state index contributed by atoms with van der Waals surface area (Å²) in [6, 6.07) is -1.26. The lowest BCUT2D eigenvalue weighted by molar-refractivity contribution is -0.142. The summed E-state index contributed by atoms with van der Waals surface area (Å²) in [5.41, 5.74) is 4.89. The van der Waals surface area contributed by atoms with Crippen molar-refractivity contribution in [1.82, 2.24) is 5.32 Å². The Morgan fingerprint density at radius 2 is 2.00 bits per heavy atom. The lowest BCUT2D eigenvalue weighted by Gasteiger charge is -2.09. The van der Waals surface area contributed by atoms with Gasteiger partial charge < -0.3 is 26.7 Å². The highest BCUT2D eigenvalue weighted by molar-refractivity contribution is 5.84. The van der Waals surface area contributed by atoms with Crippen LogP contribution in [0.2, 0.25) is 0 Å². The average molecular weight is 180 g/mol.